The van der Waals surface area contributed by atoms with E-state index in [1.165, 1.54) is 5.39 Å². The average Bonchev–Trinajstić information content (AvgIpc) is 3.65. The summed E-state index contributed by atoms with van der Waals surface area (Å²) in [6.45, 7) is 0. The van der Waals surface area contributed by atoms with E-state index in [2.05, 4.69) is 144 Å². The largest absolute Gasteiger partial charge is 0.455 e. The molecule has 7 aromatic carbocycles. The Morgan fingerprint density at radius 1 is 0.395 bits per heavy atom. The quantitative estimate of drug-likeness (QED) is 0.218. The third-order valence-electron chi connectivity index (χ3n) is 8.46. The van der Waals surface area contributed by atoms with E-state index in [1.54, 1.807) is 0 Å². The van der Waals surface area contributed by atoms with Crippen LogP contribution in [0.3, 0.4) is 0 Å². The number of rotatable bonds is 4. The molecule has 0 aliphatic carbocycles. The van der Waals surface area contributed by atoms with Crippen LogP contribution in [0.15, 0.2) is 160 Å². The first-order valence-corrected chi connectivity index (χ1v) is 14.5. The van der Waals surface area contributed by atoms with Crippen LogP contribution < -0.4 is 4.90 Å². The van der Waals surface area contributed by atoms with Crippen molar-refractivity contribution >= 4 is 71.7 Å². The number of anilines is 3. The summed E-state index contributed by atoms with van der Waals surface area (Å²) in [4.78, 5) is 2.32. The lowest BCUT2D eigenvalue weighted by molar-refractivity contribution is 0.670. The number of hydrogen-bond acceptors (Lipinski definition) is 3. The van der Waals surface area contributed by atoms with Crippen LogP contribution in [0.1, 0.15) is 0 Å². The molecule has 0 saturated heterocycles. The lowest BCUT2D eigenvalue weighted by atomic mass is 10.0. The van der Waals surface area contributed by atoms with Gasteiger partial charge < -0.3 is 13.7 Å². The normalized spacial score (nSPS) is 11.7. The van der Waals surface area contributed by atoms with E-state index in [-0.39, 0.29) is 0 Å². The van der Waals surface area contributed by atoms with Crippen molar-refractivity contribution in [1.82, 2.24) is 0 Å². The molecule has 9 rings (SSSR count). The molecule has 0 aliphatic heterocycles. The average molecular weight is 552 g/mol. The molecule has 2 heterocycles. The Hall–Kier alpha value is -5.80. The summed E-state index contributed by atoms with van der Waals surface area (Å²) in [5.41, 5.74) is 9.03. The molecule has 0 spiro atoms. The number of nitrogens with zero attached hydrogens (tertiary/aromatic N) is 1. The molecule has 0 aliphatic rings. The fourth-order valence-electron chi connectivity index (χ4n) is 6.49. The predicted octanol–water partition coefficient (Wildman–Crippen LogP) is 11.8. The Balaban J connectivity index is 1.23. The van der Waals surface area contributed by atoms with Gasteiger partial charge in [-0.2, -0.15) is 0 Å². The van der Waals surface area contributed by atoms with E-state index >= 15 is 0 Å². The number of fused-ring (bicyclic) bond motifs is 8. The highest BCUT2D eigenvalue weighted by Crippen LogP contribution is 2.44. The Bertz CT molecular complexity index is 2450. The van der Waals surface area contributed by atoms with Crippen LogP contribution in [-0.4, -0.2) is 0 Å². The van der Waals surface area contributed by atoms with E-state index < -0.39 is 0 Å². The molecule has 0 saturated carbocycles. The Morgan fingerprint density at radius 2 is 1.07 bits per heavy atom. The summed E-state index contributed by atoms with van der Waals surface area (Å²) in [7, 11) is 0. The molecule has 9 aromatic rings. The molecule has 3 heteroatoms. The van der Waals surface area contributed by atoms with Gasteiger partial charge in [0.2, 0.25) is 0 Å². The van der Waals surface area contributed by atoms with Crippen molar-refractivity contribution in [2.24, 2.45) is 0 Å². The lowest BCUT2D eigenvalue weighted by Gasteiger charge is -2.26. The fraction of sp³-hybridized carbons (Fsp3) is 0. The second-order valence-electron chi connectivity index (χ2n) is 10.9. The zero-order valence-electron chi connectivity index (χ0n) is 23.2. The number of furan rings is 2. The molecule has 0 fully saturated rings. The van der Waals surface area contributed by atoms with Gasteiger partial charge in [-0.15, -0.1) is 0 Å². The van der Waals surface area contributed by atoms with Crippen LogP contribution in [0.5, 0.6) is 0 Å². The van der Waals surface area contributed by atoms with Crippen LogP contribution in [0.2, 0.25) is 0 Å². The van der Waals surface area contributed by atoms with Crippen LogP contribution >= 0.6 is 0 Å². The second-order valence-corrected chi connectivity index (χ2v) is 10.9. The maximum atomic E-state index is 6.53. The van der Waals surface area contributed by atoms with Gasteiger partial charge in [-0.25, -0.2) is 0 Å². The highest BCUT2D eigenvalue weighted by atomic mass is 16.3. The van der Waals surface area contributed by atoms with E-state index in [1.807, 2.05) is 12.1 Å². The van der Waals surface area contributed by atoms with Gasteiger partial charge in [0, 0.05) is 38.5 Å². The first-order chi connectivity index (χ1) is 21.3. The summed E-state index contributed by atoms with van der Waals surface area (Å²) in [6.07, 6.45) is 0. The number of para-hydroxylation sites is 3. The number of benzene rings is 7. The lowest BCUT2D eigenvalue weighted by Crippen LogP contribution is -2.10. The molecule has 3 nitrogen and oxygen atoms in total. The van der Waals surface area contributed by atoms with Crippen LogP contribution in [0.4, 0.5) is 17.1 Å². The van der Waals surface area contributed by atoms with E-state index in [4.69, 9.17) is 8.83 Å². The minimum atomic E-state index is 0.873. The SMILES string of the molecule is c1ccc(N(c2ccc(-c3cccc4c3oc3ccccc34)cc2)c2cccc3oc4c5ccccc5ccc4c23)cc1. The Morgan fingerprint density at radius 3 is 1.95 bits per heavy atom. The molecule has 0 atom stereocenters. The van der Waals surface area contributed by atoms with Crippen molar-refractivity contribution < 1.29 is 8.83 Å². The third kappa shape index (κ3) is 3.68. The maximum absolute atomic E-state index is 6.53. The molecular weight excluding hydrogens is 526 g/mol. The third-order valence-corrected chi connectivity index (χ3v) is 8.46. The molecule has 0 amide bonds. The smallest absolute Gasteiger partial charge is 0.143 e. The first-order valence-electron chi connectivity index (χ1n) is 14.5. The maximum Gasteiger partial charge on any atom is 0.143 e. The molecule has 0 unspecified atom stereocenters. The zero-order chi connectivity index (χ0) is 28.3. The molecule has 0 radical (unpaired) electrons. The minimum Gasteiger partial charge on any atom is -0.455 e. The fourth-order valence-corrected chi connectivity index (χ4v) is 6.49. The van der Waals surface area contributed by atoms with E-state index in [0.717, 1.165) is 77.5 Å². The van der Waals surface area contributed by atoms with E-state index in [0.29, 0.717) is 0 Å². The zero-order valence-corrected chi connectivity index (χ0v) is 23.2. The van der Waals surface area contributed by atoms with Gasteiger partial charge in [0.1, 0.15) is 22.3 Å². The molecule has 43 heavy (non-hydrogen) atoms. The van der Waals surface area contributed by atoms with Gasteiger partial charge in [0.25, 0.3) is 0 Å². The summed E-state index contributed by atoms with van der Waals surface area (Å²) < 4.78 is 12.9. The molecular formula is C40H25NO2. The van der Waals surface area contributed by atoms with Crippen molar-refractivity contribution in [1.29, 1.82) is 0 Å². The van der Waals surface area contributed by atoms with Crippen molar-refractivity contribution in [2.75, 3.05) is 4.90 Å². The van der Waals surface area contributed by atoms with Crippen LogP contribution in [0, 0.1) is 0 Å². The van der Waals surface area contributed by atoms with Gasteiger partial charge >= 0.3 is 0 Å². The van der Waals surface area contributed by atoms with Gasteiger partial charge in [0.05, 0.1) is 11.1 Å². The first kappa shape index (κ1) is 23.9. The highest BCUT2D eigenvalue weighted by Gasteiger charge is 2.20. The van der Waals surface area contributed by atoms with Gasteiger partial charge in [-0.3, -0.25) is 0 Å². The predicted molar refractivity (Wildman–Crippen MR) is 179 cm³/mol. The highest BCUT2D eigenvalue weighted by molar-refractivity contribution is 6.19. The monoisotopic (exact) mass is 551 g/mol. The Labute approximate surface area is 247 Å². The summed E-state index contributed by atoms with van der Waals surface area (Å²) in [5.74, 6) is 0. The molecule has 202 valence electrons. The Kier molecular flexibility index (Phi) is 5.20. The van der Waals surface area contributed by atoms with Crippen molar-refractivity contribution in [2.45, 2.75) is 0 Å². The minimum absolute atomic E-state index is 0.873. The van der Waals surface area contributed by atoms with Gasteiger partial charge in [-0.1, -0.05) is 103 Å². The van der Waals surface area contributed by atoms with Crippen molar-refractivity contribution in [3.05, 3.63) is 152 Å². The van der Waals surface area contributed by atoms with Crippen molar-refractivity contribution in [3.63, 3.8) is 0 Å². The molecule has 2 aromatic heterocycles. The van der Waals surface area contributed by atoms with Crippen LogP contribution in [0.25, 0.3) is 65.8 Å². The number of hydrogen-bond donors (Lipinski definition) is 0. The van der Waals surface area contributed by atoms with Crippen LogP contribution in [-0.2, 0) is 0 Å². The van der Waals surface area contributed by atoms with E-state index in [9.17, 15) is 0 Å². The standard InChI is InChI=1S/C40H25NO2/c1-2-11-28(12-3-1)41(35-17-9-19-37-38(35)34-25-22-26-10-4-5-13-30(26)40(34)43-37)29-23-20-27(21-24-29)31-15-8-16-33-32-14-6-7-18-36(32)42-39(31)33/h1-25H. The summed E-state index contributed by atoms with van der Waals surface area (Å²) in [5, 5.41) is 6.78. The molecule has 0 bridgehead atoms. The van der Waals surface area contributed by atoms with Crippen molar-refractivity contribution in [3.8, 4) is 11.1 Å². The topological polar surface area (TPSA) is 29.5 Å². The van der Waals surface area contributed by atoms with Gasteiger partial charge in [-0.05, 0) is 59.5 Å². The van der Waals surface area contributed by atoms with Gasteiger partial charge in [0.15, 0.2) is 0 Å². The second kappa shape index (κ2) is 9.37. The summed E-state index contributed by atoms with van der Waals surface area (Å²) in [6, 6.07) is 53.0. The molecule has 0 N–H and O–H groups in total. The summed E-state index contributed by atoms with van der Waals surface area (Å²) >= 11 is 0.